The standard InChI is InChI=1S/C25H22ClNO4S/c1-25(2,3)15-8-6-14(7-9-15)21-20(22(29)19-5-4-12-32-19)23(30)24(31)27(21)17-13-16(26)10-11-18(17)28/h4-13,21,28,30H,1-3H3. The van der Waals surface area contributed by atoms with Gasteiger partial charge in [0.2, 0.25) is 5.78 Å². The Kier molecular flexibility index (Phi) is 5.61. The molecule has 0 saturated heterocycles. The summed E-state index contributed by atoms with van der Waals surface area (Å²) < 4.78 is 0. The average Bonchev–Trinajstić information content (AvgIpc) is 3.37. The summed E-state index contributed by atoms with van der Waals surface area (Å²) in [5, 5.41) is 23.3. The SMILES string of the molecule is CC(C)(C)c1ccc(C2C(C(=O)c3cccs3)=C(O)C(=O)N2c2cc(Cl)ccc2O)cc1. The smallest absolute Gasteiger partial charge is 0.294 e. The van der Waals surface area contributed by atoms with Gasteiger partial charge in [0.15, 0.2) is 5.76 Å². The summed E-state index contributed by atoms with van der Waals surface area (Å²) in [7, 11) is 0. The van der Waals surface area contributed by atoms with E-state index in [1.807, 2.05) is 24.3 Å². The zero-order valence-electron chi connectivity index (χ0n) is 17.8. The molecule has 0 radical (unpaired) electrons. The van der Waals surface area contributed by atoms with Crippen molar-refractivity contribution in [2.75, 3.05) is 4.90 Å². The van der Waals surface area contributed by atoms with Crippen molar-refractivity contribution in [2.45, 2.75) is 32.2 Å². The monoisotopic (exact) mass is 467 g/mol. The van der Waals surface area contributed by atoms with Gasteiger partial charge in [-0.05, 0) is 46.2 Å². The summed E-state index contributed by atoms with van der Waals surface area (Å²) in [6, 6.07) is 14.3. The minimum Gasteiger partial charge on any atom is -0.506 e. The number of benzene rings is 2. The van der Waals surface area contributed by atoms with Gasteiger partial charge in [-0.3, -0.25) is 14.5 Å². The van der Waals surface area contributed by atoms with E-state index in [4.69, 9.17) is 11.6 Å². The first-order valence-electron chi connectivity index (χ1n) is 10.0. The van der Waals surface area contributed by atoms with Crippen LogP contribution < -0.4 is 4.90 Å². The Morgan fingerprint density at radius 1 is 1.06 bits per heavy atom. The van der Waals surface area contributed by atoms with Crippen molar-refractivity contribution in [3.63, 3.8) is 0 Å². The predicted molar refractivity (Wildman–Crippen MR) is 127 cm³/mol. The third kappa shape index (κ3) is 3.80. The number of anilines is 1. The summed E-state index contributed by atoms with van der Waals surface area (Å²) in [5.74, 6) is -2.02. The van der Waals surface area contributed by atoms with Gasteiger partial charge in [-0.15, -0.1) is 11.3 Å². The van der Waals surface area contributed by atoms with Crippen LogP contribution in [0.2, 0.25) is 5.02 Å². The van der Waals surface area contributed by atoms with Crippen LogP contribution in [0, 0.1) is 0 Å². The first-order valence-corrected chi connectivity index (χ1v) is 11.3. The van der Waals surface area contributed by atoms with Gasteiger partial charge >= 0.3 is 0 Å². The summed E-state index contributed by atoms with van der Waals surface area (Å²) in [5.41, 5.74) is 1.73. The van der Waals surface area contributed by atoms with E-state index in [2.05, 4.69) is 20.8 Å². The maximum Gasteiger partial charge on any atom is 0.294 e. The fourth-order valence-corrected chi connectivity index (χ4v) is 4.64. The summed E-state index contributed by atoms with van der Waals surface area (Å²) in [6.45, 7) is 6.28. The lowest BCUT2D eigenvalue weighted by atomic mass is 9.85. The number of aromatic hydroxyl groups is 1. The summed E-state index contributed by atoms with van der Waals surface area (Å²) in [6.07, 6.45) is 0. The summed E-state index contributed by atoms with van der Waals surface area (Å²) in [4.78, 5) is 28.1. The normalized spacial score (nSPS) is 16.7. The largest absolute Gasteiger partial charge is 0.506 e. The van der Waals surface area contributed by atoms with Gasteiger partial charge in [0, 0.05) is 5.02 Å². The van der Waals surface area contributed by atoms with Crippen molar-refractivity contribution < 1.29 is 19.8 Å². The molecule has 0 bridgehead atoms. The predicted octanol–water partition coefficient (Wildman–Crippen LogP) is 6.19. The van der Waals surface area contributed by atoms with E-state index in [-0.39, 0.29) is 22.4 Å². The number of carbonyl (C=O) groups excluding carboxylic acids is 2. The molecule has 1 atom stereocenters. The van der Waals surface area contributed by atoms with Gasteiger partial charge in [-0.25, -0.2) is 0 Å². The second-order valence-corrected chi connectivity index (χ2v) is 10.0. The first-order chi connectivity index (χ1) is 15.1. The number of rotatable bonds is 4. The molecule has 7 heteroatoms. The van der Waals surface area contributed by atoms with Crippen molar-refractivity contribution in [1.29, 1.82) is 0 Å². The molecule has 1 aliphatic rings. The molecular formula is C25H22ClNO4S. The van der Waals surface area contributed by atoms with Crippen molar-refractivity contribution >= 4 is 40.3 Å². The molecule has 1 aromatic heterocycles. The van der Waals surface area contributed by atoms with Crippen LogP contribution in [-0.4, -0.2) is 21.9 Å². The molecule has 164 valence electrons. The lowest BCUT2D eigenvalue weighted by Crippen LogP contribution is -2.31. The number of halogens is 1. The minimum atomic E-state index is -0.921. The Bertz CT molecular complexity index is 1220. The highest BCUT2D eigenvalue weighted by molar-refractivity contribution is 7.12. The van der Waals surface area contributed by atoms with E-state index in [0.29, 0.717) is 15.5 Å². The zero-order chi connectivity index (χ0) is 23.2. The molecule has 5 nitrogen and oxygen atoms in total. The molecule has 3 aromatic rings. The third-order valence-corrected chi connectivity index (χ3v) is 6.59. The maximum absolute atomic E-state index is 13.3. The molecule has 1 amide bonds. The van der Waals surface area contributed by atoms with Gasteiger partial charge in [0.1, 0.15) is 5.75 Å². The molecule has 0 spiro atoms. The number of Topliss-reactive ketones (excluding diaryl/α,β-unsaturated/α-hetero) is 1. The Hall–Kier alpha value is -3.09. The Morgan fingerprint density at radius 2 is 1.75 bits per heavy atom. The maximum atomic E-state index is 13.3. The van der Waals surface area contributed by atoms with Gasteiger partial charge in [0.25, 0.3) is 5.91 Å². The van der Waals surface area contributed by atoms with Crippen LogP contribution in [0.5, 0.6) is 5.75 Å². The molecular weight excluding hydrogens is 446 g/mol. The number of thiophene rings is 1. The molecule has 0 aliphatic carbocycles. The van der Waals surface area contributed by atoms with E-state index >= 15 is 0 Å². The van der Waals surface area contributed by atoms with Crippen molar-refractivity contribution in [1.82, 2.24) is 0 Å². The average molecular weight is 468 g/mol. The molecule has 1 unspecified atom stereocenters. The Balaban J connectivity index is 1.90. The highest BCUT2D eigenvalue weighted by Gasteiger charge is 2.45. The van der Waals surface area contributed by atoms with Crippen LogP contribution >= 0.6 is 22.9 Å². The molecule has 1 aliphatic heterocycles. The number of phenols is 1. The Morgan fingerprint density at radius 3 is 2.34 bits per heavy atom. The second kappa shape index (κ2) is 8.11. The fourth-order valence-electron chi connectivity index (χ4n) is 3.80. The quantitative estimate of drug-likeness (QED) is 0.448. The van der Waals surface area contributed by atoms with Crippen LogP contribution in [0.3, 0.4) is 0 Å². The fraction of sp³-hybridized carbons (Fsp3) is 0.200. The number of aliphatic hydroxyl groups is 1. The van der Waals surface area contributed by atoms with Crippen LogP contribution in [-0.2, 0) is 10.2 Å². The lowest BCUT2D eigenvalue weighted by molar-refractivity contribution is -0.117. The van der Waals surface area contributed by atoms with Gasteiger partial charge in [-0.2, -0.15) is 0 Å². The number of nitrogens with zero attached hydrogens (tertiary/aromatic N) is 1. The van der Waals surface area contributed by atoms with E-state index in [1.165, 1.54) is 34.4 Å². The van der Waals surface area contributed by atoms with Gasteiger partial charge in [0.05, 0.1) is 22.2 Å². The molecule has 32 heavy (non-hydrogen) atoms. The summed E-state index contributed by atoms with van der Waals surface area (Å²) >= 11 is 7.37. The number of hydrogen-bond donors (Lipinski definition) is 2. The second-order valence-electron chi connectivity index (χ2n) is 8.65. The molecule has 2 heterocycles. The number of phenolic OH excluding ortho intramolecular Hbond substituents is 1. The molecule has 4 rings (SSSR count). The number of carbonyl (C=O) groups is 2. The molecule has 0 saturated carbocycles. The van der Waals surface area contributed by atoms with Crippen LogP contribution in [0.25, 0.3) is 0 Å². The first kappa shape index (κ1) is 22.1. The van der Waals surface area contributed by atoms with E-state index in [0.717, 1.165) is 5.56 Å². The molecule has 2 aromatic carbocycles. The number of hydrogen-bond acceptors (Lipinski definition) is 5. The minimum absolute atomic E-state index is 0.0275. The third-order valence-electron chi connectivity index (χ3n) is 5.49. The molecule has 2 N–H and O–H groups in total. The van der Waals surface area contributed by atoms with Crippen LogP contribution in [0.1, 0.15) is 47.6 Å². The van der Waals surface area contributed by atoms with Crippen LogP contribution in [0.15, 0.2) is 71.3 Å². The van der Waals surface area contributed by atoms with Gasteiger partial charge in [-0.1, -0.05) is 62.7 Å². The number of aliphatic hydroxyl groups excluding tert-OH is 1. The lowest BCUT2D eigenvalue weighted by Gasteiger charge is -2.28. The van der Waals surface area contributed by atoms with Crippen molar-refractivity contribution in [3.8, 4) is 5.75 Å². The van der Waals surface area contributed by atoms with E-state index in [1.54, 1.807) is 17.5 Å². The van der Waals surface area contributed by atoms with Crippen molar-refractivity contribution in [2.24, 2.45) is 0 Å². The zero-order valence-corrected chi connectivity index (χ0v) is 19.4. The highest BCUT2D eigenvalue weighted by atomic mass is 35.5. The highest BCUT2D eigenvalue weighted by Crippen LogP contribution is 2.45. The van der Waals surface area contributed by atoms with Crippen LogP contribution in [0.4, 0.5) is 5.69 Å². The van der Waals surface area contributed by atoms with E-state index in [9.17, 15) is 19.8 Å². The van der Waals surface area contributed by atoms with E-state index < -0.39 is 23.5 Å². The number of ketones is 1. The topological polar surface area (TPSA) is 77.8 Å². The molecule has 0 fully saturated rings. The van der Waals surface area contributed by atoms with Gasteiger partial charge < -0.3 is 10.2 Å². The van der Waals surface area contributed by atoms with Crippen molar-refractivity contribution in [3.05, 3.63) is 92.3 Å². The number of amides is 1. The Labute approximate surface area is 195 Å².